The Morgan fingerprint density at radius 3 is 2.85 bits per heavy atom. The van der Waals surface area contributed by atoms with Gasteiger partial charge in [-0.25, -0.2) is 0 Å². The van der Waals surface area contributed by atoms with Gasteiger partial charge >= 0.3 is 0 Å². The summed E-state index contributed by atoms with van der Waals surface area (Å²) in [6, 6.07) is 4.02. The summed E-state index contributed by atoms with van der Waals surface area (Å²) in [6.07, 6.45) is 3.57. The van der Waals surface area contributed by atoms with Gasteiger partial charge in [0.15, 0.2) is 0 Å². The van der Waals surface area contributed by atoms with Crippen LogP contribution in [0.25, 0.3) is 10.8 Å². The van der Waals surface area contributed by atoms with Gasteiger partial charge in [0.05, 0.1) is 0 Å². The largest absolute Gasteiger partial charge is 0.263 e. The summed E-state index contributed by atoms with van der Waals surface area (Å²) in [5.74, 6) is 0. The molecule has 0 atom stereocenters. The SMILES string of the molecule is Cc1cc(Cl)c2c(Br)cncc2c1. The van der Waals surface area contributed by atoms with E-state index in [1.54, 1.807) is 6.20 Å². The third-order valence-electron chi connectivity index (χ3n) is 1.91. The molecule has 1 nitrogen and oxygen atoms in total. The predicted octanol–water partition coefficient (Wildman–Crippen LogP) is 3.96. The van der Waals surface area contributed by atoms with Crippen LogP contribution in [0, 0.1) is 6.92 Å². The Bertz CT molecular complexity index is 468. The van der Waals surface area contributed by atoms with Crippen molar-refractivity contribution in [2.24, 2.45) is 0 Å². The van der Waals surface area contributed by atoms with Crippen LogP contribution in [0.1, 0.15) is 5.56 Å². The summed E-state index contributed by atoms with van der Waals surface area (Å²) in [5, 5.41) is 2.87. The lowest BCUT2D eigenvalue weighted by Gasteiger charge is -2.03. The van der Waals surface area contributed by atoms with Crippen molar-refractivity contribution in [2.45, 2.75) is 6.92 Å². The molecule has 13 heavy (non-hydrogen) atoms. The van der Waals surface area contributed by atoms with Crippen molar-refractivity contribution < 1.29 is 0 Å². The fourth-order valence-electron chi connectivity index (χ4n) is 1.37. The molecule has 0 aliphatic carbocycles. The molecule has 0 N–H and O–H groups in total. The molecule has 0 amide bonds. The highest BCUT2D eigenvalue weighted by Crippen LogP contribution is 2.30. The van der Waals surface area contributed by atoms with Crippen LogP contribution < -0.4 is 0 Å². The first-order valence-electron chi connectivity index (χ1n) is 3.88. The number of hydrogen-bond acceptors (Lipinski definition) is 1. The average molecular weight is 257 g/mol. The highest BCUT2D eigenvalue weighted by molar-refractivity contribution is 9.10. The molecule has 2 rings (SSSR count). The van der Waals surface area contributed by atoms with E-state index < -0.39 is 0 Å². The number of aromatic nitrogens is 1. The Balaban J connectivity index is 2.94. The highest BCUT2D eigenvalue weighted by atomic mass is 79.9. The van der Waals surface area contributed by atoms with Crippen molar-refractivity contribution in [3.8, 4) is 0 Å². The van der Waals surface area contributed by atoms with Crippen molar-refractivity contribution in [1.82, 2.24) is 4.98 Å². The molecule has 3 heteroatoms. The number of aryl methyl sites for hydroxylation is 1. The quantitative estimate of drug-likeness (QED) is 0.695. The number of hydrogen-bond donors (Lipinski definition) is 0. The first kappa shape index (κ1) is 8.97. The molecule has 66 valence electrons. The normalized spacial score (nSPS) is 10.7. The maximum Gasteiger partial charge on any atom is 0.0499 e. The van der Waals surface area contributed by atoms with Gasteiger partial charge in [-0.15, -0.1) is 0 Å². The lowest BCUT2D eigenvalue weighted by atomic mass is 10.1. The summed E-state index contributed by atoms with van der Waals surface area (Å²) in [7, 11) is 0. The molecule has 0 aliphatic heterocycles. The van der Waals surface area contributed by atoms with E-state index >= 15 is 0 Å². The third kappa shape index (κ3) is 1.56. The Morgan fingerprint density at radius 1 is 1.31 bits per heavy atom. The van der Waals surface area contributed by atoms with Gasteiger partial charge in [-0.05, 0) is 40.5 Å². The second-order valence-corrected chi connectivity index (χ2v) is 4.23. The average Bonchev–Trinajstić information content (AvgIpc) is 2.02. The molecule has 0 saturated heterocycles. The topological polar surface area (TPSA) is 12.9 Å². The Hall–Kier alpha value is -0.600. The maximum atomic E-state index is 6.11. The Labute approximate surface area is 89.9 Å². The van der Waals surface area contributed by atoms with Gasteiger partial charge < -0.3 is 0 Å². The van der Waals surface area contributed by atoms with Crippen molar-refractivity contribution in [2.75, 3.05) is 0 Å². The number of fused-ring (bicyclic) bond motifs is 1. The van der Waals surface area contributed by atoms with Crippen LogP contribution in [-0.4, -0.2) is 4.98 Å². The van der Waals surface area contributed by atoms with E-state index in [9.17, 15) is 0 Å². The number of benzene rings is 1. The van der Waals surface area contributed by atoms with Crippen molar-refractivity contribution in [3.05, 3.63) is 39.6 Å². The minimum atomic E-state index is 0.768. The van der Waals surface area contributed by atoms with Gasteiger partial charge in [0.2, 0.25) is 0 Å². The second-order valence-electron chi connectivity index (χ2n) is 2.97. The molecule has 0 fully saturated rings. The lowest BCUT2D eigenvalue weighted by Crippen LogP contribution is -1.81. The van der Waals surface area contributed by atoms with E-state index in [1.807, 2.05) is 19.2 Å². The third-order valence-corrected chi connectivity index (χ3v) is 2.80. The standard InChI is InChI=1S/C10H7BrClN/c1-6-2-7-4-13-5-8(11)10(7)9(12)3-6/h2-5H,1H3. The van der Waals surface area contributed by atoms with Crippen LogP contribution in [0.15, 0.2) is 29.0 Å². The molecule has 0 spiro atoms. The van der Waals surface area contributed by atoms with E-state index in [0.717, 1.165) is 25.8 Å². The summed E-state index contributed by atoms with van der Waals surface area (Å²) < 4.78 is 0.940. The smallest absolute Gasteiger partial charge is 0.0499 e. The van der Waals surface area contributed by atoms with Gasteiger partial charge in [-0.2, -0.15) is 0 Å². The number of pyridine rings is 1. The summed E-state index contributed by atoms with van der Waals surface area (Å²) in [4.78, 5) is 4.09. The van der Waals surface area contributed by atoms with Crippen molar-refractivity contribution >= 4 is 38.3 Å². The monoisotopic (exact) mass is 255 g/mol. The summed E-state index contributed by atoms with van der Waals surface area (Å²) >= 11 is 9.54. The number of rotatable bonds is 0. The Kier molecular flexibility index (Phi) is 2.26. The fraction of sp³-hybridized carbons (Fsp3) is 0.100. The first-order chi connectivity index (χ1) is 6.18. The molecule has 0 saturated carbocycles. The molecule has 0 unspecified atom stereocenters. The lowest BCUT2D eigenvalue weighted by molar-refractivity contribution is 1.34. The highest BCUT2D eigenvalue weighted by Gasteiger charge is 2.03. The molecule has 1 aromatic carbocycles. The van der Waals surface area contributed by atoms with Crippen LogP contribution in [-0.2, 0) is 0 Å². The second kappa shape index (κ2) is 3.28. The zero-order valence-corrected chi connectivity index (χ0v) is 9.35. The summed E-state index contributed by atoms with van der Waals surface area (Å²) in [5.41, 5.74) is 1.15. The maximum absolute atomic E-state index is 6.11. The number of halogens is 2. The zero-order valence-electron chi connectivity index (χ0n) is 7.01. The van der Waals surface area contributed by atoms with Crippen LogP contribution in [0.2, 0.25) is 5.02 Å². The van der Waals surface area contributed by atoms with E-state index in [-0.39, 0.29) is 0 Å². The van der Waals surface area contributed by atoms with Crippen molar-refractivity contribution in [3.63, 3.8) is 0 Å². The zero-order chi connectivity index (χ0) is 9.42. The molecule has 0 bridgehead atoms. The van der Waals surface area contributed by atoms with Gasteiger partial charge in [-0.3, -0.25) is 4.98 Å². The molecule has 0 radical (unpaired) electrons. The minimum absolute atomic E-state index is 0.768. The minimum Gasteiger partial charge on any atom is -0.263 e. The van der Waals surface area contributed by atoms with Crippen molar-refractivity contribution in [1.29, 1.82) is 0 Å². The molecular weight excluding hydrogens is 249 g/mol. The first-order valence-corrected chi connectivity index (χ1v) is 5.05. The van der Waals surface area contributed by atoms with Crippen LogP contribution in [0.4, 0.5) is 0 Å². The molecule has 2 aromatic rings. The molecule has 0 aliphatic rings. The number of nitrogens with zero attached hydrogens (tertiary/aromatic N) is 1. The van der Waals surface area contributed by atoms with Crippen LogP contribution in [0.5, 0.6) is 0 Å². The molecule has 1 aromatic heterocycles. The van der Waals surface area contributed by atoms with E-state index in [0.29, 0.717) is 0 Å². The van der Waals surface area contributed by atoms with Gasteiger partial charge in [0.25, 0.3) is 0 Å². The van der Waals surface area contributed by atoms with Gasteiger partial charge in [0, 0.05) is 32.7 Å². The van der Waals surface area contributed by atoms with Gasteiger partial charge in [0.1, 0.15) is 0 Å². The Morgan fingerprint density at radius 2 is 2.08 bits per heavy atom. The predicted molar refractivity (Wildman–Crippen MR) is 59.2 cm³/mol. The van der Waals surface area contributed by atoms with Gasteiger partial charge in [-0.1, -0.05) is 11.6 Å². The summed E-state index contributed by atoms with van der Waals surface area (Å²) in [6.45, 7) is 2.02. The molecular formula is C10H7BrClN. The molecule has 1 heterocycles. The van der Waals surface area contributed by atoms with E-state index in [2.05, 4.69) is 27.0 Å². The van der Waals surface area contributed by atoms with E-state index in [1.165, 1.54) is 0 Å². The van der Waals surface area contributed by atoms with Crippen LogP contribution in [0.3, 0.4) is 0 Å². The van der Waals surface area contributed by atoms with Crippen LogP contribution >= 0.6 is 27.5 Å². The van der Waals surface area contributed by atoms with E-state index in [4.69, 9.17) is 11.6 Å². The fourth-order valence-corrected chi connectivity index (χ4v) is 2.43.